The third kappa shape index (κ3) is 9.52. The Hall–Kier alpha value is -1.03. The Balaban J connectivity index is 3.71. The van der Waals surface area contributed by atoms with Gasteiger partial charge >= 0.3 is 6.09 Å². The second kappa shape index (κ2) is 7.28. The van der Waals surface area contributed by atoms with Crippen LogP contribution in [0.2, 0.25) is 0 Å². The highest BCUT2D eigenvalue weighted by Crippen LogP contribution is 2.06. The highest BCUT2D eigenvalue weighted by Gasteiger charge is 2.16. The van der Waals surface area contributed by atoms with Gasteiger partial charge in [-0.15, -0.1) is 0 Å². The summed E-state index contributed by atoms with van der Waals surface area (Å²) < 4.78 is 5.03. The Kier molecular flexibility index (Phi) is 6.81. The number of aliphatic hydroxyl groups excluding tert-OH is 1. The summed E-state index contributed by atoms with van der Waals surface area (Å²) in [5, 5.41) is 12.0. The molecule has 0 unspecified atom stereocenters. The van der Waals surface area contributed by atoms with E-state index >= 15 is 0 Å². The van der Waals surface area contributed by atoms with Crippen molar-refractivity contribution in [3.63, 3.8) is 0 Å². The maximum atomic E-state index is 11.2. The van der Waals surface area contributed by atoms with E-state index in [9.17, 15) is 9.90 Å². The van der Waals surface area contributed by atoms with Gasteiger partial charge in [-0.2, -0.15) is 0 Å². The van der Waals surface area contributed by atoms with Gasteiger partial charge < -0.3 is 15.2 Å². The van der Waals surface area contributed by atoms with Gasteiger partial charge in [-0.1, -0.05) is 19.1 Å². The second-order valence-electron chi connectivity index (χ2n) is 4.65. The molecule has 16 heavy (non-hydrogen) atoms. The maximum absolute atomic E-state index is 11.2. The Morgan fingerprint density at radius 1 is 1.44 bits per heavy atom. The monoisotopic (exact) mass is 229 g/mol. The zero-order chi connectivity index (χ0) is 12.6. The number of alkyl carbamates (subject to hydrolysis) is 1. The molecule has 0 aromatic carbocycles. The molecule has 0 aromatic heterocycles. The number of rotatable bonds is 5. The van der Waals surface area contributed by atoms with Crippen LogP contribution in [0.5, 0.6) is 0 Å². The van der Waals surface area contributed by atoms with Crippen LogP contribution in [-0.2, 0) is 4.74 Å². The van der Waals surface area contributed by atoms with Gasteiger partial charge in [0.2, 0.25) is 0 Å². The van der Waals surface area contributed by atoms with E-state index in [-0.39, 0.29) is 6.54 Å². The minimum Gasteiger partial charge on any atom is -0.444 e. The van der Waals surface area contributed by atoms with Crippen molar-refractivity contribution < 1.29 is 14.6 Å². The summed E-state index contributed by atoms with van der Waals surface area (Å²) in [6.45, 7) is 7.64. The minimum absolute atomic E-state index is 0.211. The van der Waals surface area contributed by atoms with Crippen LogP contribution in [0.1, 0.15) is 40.5 Å². The van der Waals surface area contributed by atoms with Crippen molar-refractivity contribution in [3.8, 4) is 0 Å². The van der Waals surface area contributed by atoms with E-state index < -0.39 is 17.8 Å². The lowest BCUT2D eigenvalue weighted by molar-refractivity contribution is 0.0493. The first kappa shape index (κ1) is 15.0. The van der Waals surface area contributed by atoms with Crippen molar-refractivity contribution in [3.05, 3.63) is 12.2 Å². The summed E-state index contributed by atoms with van der Waals surface area (Å²) in [6.07, 6.45) is 4.33. The number of hydrogen-bond donors (Lipinski definition) is 2. The average molecular weight is 229 g/mol. The number of nitrogens with one attached hydrogen (secondary N) is 1. The molecule has 0 heterocycles. The molecule has 0 aliphatic heterocycles. The van der Waals surface area contributed by atoms with Gasteiger partial charge in [-0.3, -0.25) is 0 Å². The third-order valence-corrected chi connectivity index (χ3v) is 1.69. The molecule has 0 saturated heterocycles. The standard InChI is InChI=1S/C12H23NO3/c1-5-6-7-8-10(14)9-13-11(15)16-12(2,3)4/h6-7,10,14H,5,8-9H2,1-4H3,(H,13,15)/b7-6+/t10-/m1/s1. The number of ether oxygens (including phenoxy) is 1. The molecule has 1 amide bonds. The van der Waals surface area contributed by atoms with E-state index in [1.54, 1.807) is 20.8 Å². The van der Waals surface area contributed by atoms with Crippen molar-refractivity contribution in [2.24, 2.45) is 0 Å². The van der Waals surface area contributed by atoms with Crippen LogP contribution in [0.4, 0.5) is 4.79 Å². The molecule has 0 bridgehead atoms. The fraction of sp³-hybridized carbons (Fsp3) is 0.750. The Labute approximate surface area is 97.7 Å². The Morgan fingerprint density at radius 3 is 2.56 bits per heavy atom. The van der Waals surface area contributed by atoms with Crippen molar-refractivity contribution >= 4 is 6.09 Å². The molecule has 0 aliphatic rings. The number of amides is 1. The molecular weight excluding hydrogens is 206 g/mol. The summed E-state index contributed by atoms with van der Waals surface area (Å²) in [5.74, 6) is 0. The predicted molar refractivity (Wildman–Crippen MR) is 64.3 cm³/mol. The highest BCUT2D eigenvalue weighted by atomic mass is 16.6. The van der Waals surface area contributed by atoms with Crippen LogP contribution in [0.3, 0.4) is 0 Å². The van der Waals surface area contributed by atoms with Crippen LogP contribution in [-0.4, -0.2) is 29.4 Å². The summed E-state index contributed by atoms with van der Waals surface area (Å²) in [6, 6.07) is 0. The van der Waals surface area contributed by atoms with E-state index in [1.807, 2.05) is 19.1 Å². The Morgan fingerprint density at radius 2 is 2.06 bits per heavy atom. The normalized spacial score (nSPS) is 13.8. The molecule has 0 fully saturated rings. The van der Waals surface area contributed by atoms with Gasteiger partial charge in [0.1, 0.15) is 5.60 Å². The molecular formula is C12H23NO3. The molecule has 0 aromatic rings. The Bertz CT molecular complexity index is 231. The van der Waals surface area contributed by atoms with Gasteiger partial charge in [0, 0.05) is 6.54 Å². The molecule has 0 saturated carbocycles. The molecule has 0 rings (SSSR count). The van der Waals surface area contributed by atoms with E-state index in [0.29, 0.717) is 6.42 Å². The molecule has 4 heteroatoms. The van der Waals surface area contributed by atoms with Gasteiger partial charge in [-0.05, 0) is 33.6 Å². The number of carbonyl (C=O) groups excluding carboxylic acids is 1. The van der Waals surface area contributed by atoms with Crippen molar-refractivity contribution in [1.82, 2.24) is 5.32 Å². The van der Waals surface area contributed by atoms with Crippen LogP contribution < -0.4 is 5.32 Å². The van der Waals surface area contributed by atoms with Gasteiger partial charge in [-0.25, -0.2) is 4.79 Å². The van der Waals surface area contributed by atoms with E-state index in [4.69, 9.17) is 4.74 Å². The quantitative estimate of drug-likeness (QED) is 0.711. The highest BCUT2D eigenvalue weighted by molar-refractivity contribution is 5.67. The van der Waals surface area contributed by atoms with Crippen LogP contribution in [0, 0.1) is 0 Å². The molecule has 94 valence electrons. The zero-order valence-corrected chi connectivity index (χ0v) is 10.6. The SMILES string of the molecule is CC/C=C/C[C@@H](O)CNC(=O)OC(C)(C)C. The number of carbonyl (C=O) groups is 1. The number of aliphatic hydroxyl groups is 1. The lowest BCUT2D eigenvalue weighted by Gasteiger charge is -2.20. The summed E-state index contributed by atoms with van der Waals surface area (Å²) in [7, 11) is 0. The predicted octanol–water partition coefficient (Wildman–Crippen LogP) is 2.23. The van der Waals surface area contributed by atoms with Crippen molar-refractivity contribution in [1.29, 1.82) is 0 Å². The fourth-order valence-corrected chi connectivity index (χ4v) is 1.02. The van der Waals surface area contributed by atoms with Crippen molar-refractivity contribution in [2.45, 2.75) is 52.2 Å². The number of hydrogen-bond acceptors (Lipinski definition) is 3. The van der Waals surface area contributed by atoms with Crippen molar-refractivity contribution in [2.75, 3.05) is 6.54 Å². The topological polar surface area (TPSA) is 58.6 Å². The first-order valence-electron chi connectivity index (χ1n) is 5.65. The summed E-state index contributed by atoms with van der Waals surface area (Å²) >= 11 is 0. The molecule has 0 spiro atoms. The third-order valence-electron chi connectivity index (χ3n) is 1.69. The molecule has 4 nitrogen and oxygen atoms in total. The second-order valence-corrected chi connectivity index (χ2v) is 4.65. The zero-order valence-electron chi connectivity index (χ0n) is 10.6. The van der Waals surface area contributed by atoms with Crippen LogP contribution in [0.15, 0.2) is 12.2 Å². The van der Waals surface area contributed by atoms with E-state index in [1.165, 1.54) is 0 Å². The van der Waals surface area contributed by atoms with Gasteiger partial charge in [0.05, 0.1) is 6.10 Å². The fourth-order valence-electron chi connectivity index (χ4n) is 1.02. The minimum atomic E-state index is -0.560. The lowest BCUT2D eigenvalue weighted by atomic mass is 10.2. The van der Waals surface area contributed by atoms with Gasteiger partial charge in [0.25, 0.3) is 0 Å². The lowest BCUT2D eigenvalue weighted by Crippen LogP contribution is -2.36. The first-order valence-corrected chi connectivity index (χ1v) is 5.65. The summed E-state index contributed by atoms with van der Waals surface area (Å²) in [5.41, 5.74) is -0.503. The van der Waals surface area contributed by atoms with Crippen LogP contribution in [0.25, 0.3) is 0 Å². The first-order chi connectivity index (χ1) is 7.35. The van der Waals surface area contributed by atoms with E-state index in [0.717, 1.165) is 6.42 Å². The molecule has 0 radical (unpaired) electrons. The summed E-state index contributed by atoms with van der Waals surface area (Å²) in [4.78, 5) is 11.2. The molecule has 1 atom stereocenters. The van der Waals surface area contributed by atoms with Crippen LogP contribution >= 0.6 is 0 Å². The average Bonchev–Trinajstić information content (AvgIpc) is 2.12. The molecule has 2 N–H and O–H groups in total. The number of allylic oxidation sites excluding steroid dienone is 1. The maximum Gasteiger partial charge on any atom is 0.407 e. The van der Waals surface area contributed by atoms with E-state index in [2.05, 4.69) is 5.32 Å². The van der Waals surface area contributed by atoms with Gasteiger partial charge in [0.15, 0.2) is 0 Å². The largest absolute Gasteiger partial charge is 0.444 e. The smallest absolute Gasteiger partial charge is 0.407 e. The molecule has 0 aliphatic carbocycles.